The monoisotopic (exact) mass is 228 g/mol. The second-order valence-electron chi connectivity index (χ2n) is 3.89. The van der Waals surface area contributed by atoms with Crippen molar-refractivity contribution < 1.29 is 9.84 Å². The van der Waals surface area contributed by atoms with Crippen LogP contribution in [0.3, 0.4) is 0 Å². The molecule has 2 nitrogen and oxygen atoms in total. The highest BCUT2D eigenvalue weighted by atomic mass is 16.5. The third-order valence-electron chi connectivity index (χ3n) is 2.74. The average molecular weight is 228 g/mol. The minimum absolute atomic E-state index is 0.0514. The van der Waals surface area contributed by atoms with E-state index in [0.717, 1.165) is 21.9 Å². The maximum atomic E-state index is 9.37. The zero-order valence-corrected chi connectivity index (χ0v) is 9.73. The fraction of sp³-hybridized carbons (Fsp3) is 0.200. The Bertz CT molecular complexity index is 512. The molecule has 0 bridgehead atoms. The van der Waals surface area contributed by atoms with Crippen LogP contribution in [0.5, 0.6) is 0 Å². The zero-order chi connectivity index (χ0) is 12.1. The molecule has 0 radical (unpaired) electrons. The molecule has 1 N–H and O–H groups in total. The van der Waals surface area contributed by atoms with Crippen LogP contribution in [-0.4, -0.2) is 11.7 Å². The number of aliphatic hydroxyl groups excluding tert-OH is 1. The fourth-order valence-electron chi connectivity index (χ4n) is 2.01. The standard InChI is InChI=1S/C15H16O2/c1-2-9-17-11-14-8-4-6-12-5-3-7-13(10-16)15(12)14/h2-8,16H,1,9-11H2. The molecule has 0 saturated heterocycles. The maximum Gasteiger partial charge on any atom is 0.0727 e. The number of aliphatic hydroxyl groups is 1. The second kappa shape index (κ2) is 5.62. The number of hydrogen-bond donors (Lipinski definition) is 1. The van der Waals surface area contributed by atoms with Crippen LogP contribution < -0.4 is 0 Å². The van der Waals surface area contributed by atoms with Gasteiger partial charge in [-0.15, -0.1) is 6.58 Å². The van der Waals surface area contributed by atoms with Crippen molar-refractivity contribution in [2.45, 2.75) is 13.2 Å². The Kier molecular flexibility index (Phi) is 3.91. The molecular formula is C15H16O2. The van der Waals surface area contributed by atoms with E-state index >= 15 is 0 Å². The van der Waals surface area contributed by atoms with E-state index < -0.39 is 0 Å². The molecule has 2 rings (SSSR count). The highest BCUT2D eigenvalue weighted by Crippen LogP contribution is 2.23. The van der Waals surface area contributed by atoms with Gasteiger partial charge in [0.2, 0.25) is 0 Å². The van der Waals surface area contributed by atoms with E-state index in [2.05, 4.69) is 6.58 Å². The largest absolute Gasteiger partial charge is 0.392 e. The van der Waals surface area contributed by atoms with Crippen LogP contribution in [0, 0.1) is 0 Å². The predicted molar refractivity (Wildman–Crippen MR) is 69.7 cm³/mol. The summed E-state index contributed by atoms with van der Waals surface area (Å²) >= 11 is 0. The molecule has 2 aromatic carbocycles. The summed E-state index contributed by atoms with van der Waals surface area (Å²) in [5.74, 6) is 0. The van der Waals surface area contributed by atoms with Gasteiger partial charge in [-0.05, 0) is 21.9 Å². The molecule has 0 atom stereocenters. The van der Waals surface area contributed by atoms with E-state index in [1.54, 1.807) is 6.08 Å². The van der Waals surface area contributed by atoms with Gasteiger partial charge in [0.1, 0.15) is 0 Å². The van der Waals surface area contributed by atoms with Crippen molar-refractivity contribution in [3.63, 3.8) is 0 Å². The van der Waals surface area contributed by atoms with Gasteiger partial charge in [0, 0.05) is 0 Å². The lowest BCUT2D eigenvalue weighted by molar-refractivity contribution is 0.150. The average Bonchev–Trinajstić information content (AvgIpc) is 2.38. The summed E-state index contributed by atoms with van der Waals surface area (Å²) in [7, 11) is 0. The predicted octanol–water partition coefficient (Wildman–Crippen LogP) is 3.03. The van der Waals surface area contributed by atoms with Crippen LogP contribution in [0.2, 0.25) is 0 Å². The van der Waals surface area contributed by atoms with Crippen molar-refractivity contribution >= 4 is 10.8 Å². The van der Waals surface area contributed by atoms with Gasteiger partial charge in [0.25, 0.3) is 0 Å². The molecule has 0 saturated carbocycles. The SMILES string of the molecule is C=CCOCc1cccc2cccc(CO)c12. The van der Waals surface area contributed by atoms with Crippen molar-refractivity contribution in [2.75, 3.05) is 6.61 Å². The van der Waals surface area contributed by atoms with Gasteiger partial charge in [0.05, 0.1) is 19.8 Å². The van der Waals surface area contributed by atoms with E-state index in [1.807, 2.05) is 36.4 Å². The van der Waals surface area contributed by atoms with Crippen LogP contribution >= 0.6 is 0 Å². The van der Waals surface area contributed by atoms with Crippen molar-refractivity contribution in [3.05, 3.63) is 60.2 Å². The van der Waals surface area contributed by atoms with Gasteiger partial charge >= 0.3 is 0 Å². The molecule has 2 heteroatoms. The molecule has 0 aromatic heterocycles. The van der Waals surface area contributed by atoms with E-state index in [0.29, 0.717) is 13.2 Å². The molecular weight excluding hydrogens is 212 g/mol. The lowest BCUT2D eigenvalue weighted by atomic mass is 10.00. The van der Waals surface area contributed by atoms with Gasteiger partial charge in [-0.2, -0.15) is 0 Å². The summed E-state index contributed by atoms with van der Waals surface area (Å²) in [5, 5.41) is 11.6. The van der Waals surface area contributed by atoms with Crippen LogP contribution in [-0.2, 0) is 18.0 Å². The molecule has 2 aromatic rings. The third-order valence-corrected chi connectivity index (χ3v) is 2.74. The summed E-state index contributed by atoms with van der Waals surface area (Å²) in [5.41, 5.74) is 2.05. The lowest BCUT2D eigenvalue weighted by Crippen LogP contribution is -1.96. The van der Waals surface area contributed by atoms with Gasteiger partial charge in [-0.1, -0.05) is 42.5 Å². The highest BCUT2D eigenvalue weighted by Gasteiger charge is 2.05. The Hall–Kier alpha value is -1.64. The van der Waals surface area contributed by atoms with E-state index in [4.69, 9.17) is 4.74 Å². The first-order chi connectivity index (χ1) is 8.36. The lowest BCUT2D eigenvalue weighted by Gasteiger charge is -2.10. The van der Waals surface area contributed by atoms with Crippen LogP contribution in [0.25, 0.3) is 10.8 Å². The molecule has 88 valence electrons. The fourth-order valence-corrected chi connectivity index (χ4v) is 2.01. The molecule has 0 fully saturated rings. The summed E-state index contributed by atoms with van der Waals surface area (Å²) in [6.07, 6.45) is 1.73. The smallest absolute Gasteiger partial charge is 0.0727 e. The Morgan fingerprint density at radius 2 is 1.82 bits per heavy atom. The molecule has 0 aliphatic rings. The number of rotatable bonds is 5. The number of fused-ring (bicyclic) bond motifs is 1. The molecule has 0 unspecified atom stereocenters. The van der Waals surface area contributed by atoms with Gasteiger partial charge in [-0.3, -0.25) is 0 Å². The van der Waals surface area contributed by atoms with Crippen molar-refractivity contribution in [3.8, 4) is 0 Å². The molecule has 17 heavy (non-hydrogen) atoms. The first kappa shape index (κ1) is 11.8. The van der Waals surface area contributed by atoms with Crippen molar-refractivity contribution in [2.24, 2.45) is 0 Å². The summed E-state index contributed by atoms with van der Waals surface area (Å²) in [6.45, 7) is 4.76. The summed E-state index contributed by atoms with van der Waals surface area (Å²) < 4.78 is 5.48. The number of hydrogen-bond acceptors (Lipinski definition) is 2. The van der Waals surface area contributed by atoms with Crippen molar-refractivity contribution in [1.29, 1.82) is 0 Å². The highest BCUT2D eigenvalue weighted by molar-refractivity contribution is 5.88. The second-order valence-corrected chi connectivity index (χ2v) is 3.89. The Labute approximate surface area is 101 Å². The third kappa shape index (κ3) is 2.54. The van der Waals surface area contributed by atoms with E-state index in [9.17, 15) is 5.11 Å². The Morgan fingerprint density at radius 3 is 2.47 bits per heavy atom. The summed E-state index contributed by atoms with van der Waals surface area (Å²) in [6, 6.07) is 12.0. The van der Waals surface area contributed by atoms with E-state index in [-0.39, 0.29) is 6.61 Å². The van der Waals surface area contributed by atoms with Gasteiger partial charge < -0.3 is 9.84 Å². The summed E-state index contributed by atoms with van der Waals surface area (Å²) in [4.78, 5) is 0. The molecule has 0 heterocycles. The first-order valence-electron chi connectivity index (χ1n) is 5.66. The van der Waals surface area contributed by atoms with Crippen molar-refractivity contribution in [1.82, 2.24) is 0 Å². The number of benzene rings is 2. The van der Waals surface area contributed by atoms with Gasteiger partial charge in [-0.25, -0.2) is 0 Å². The normalized spacial score (nSPS) is 10.6. The molecule has 0 amide bonds. The molecule has 0 spiro atoms. The molecule has 0 aliphatic heterocycles. The Morgan fingerprint density at radius 1 is 1.12 bits per heavy atom. The molecule has 0 aliphatic carbocycles. The topological polar surface area (TPSA) is 29.5 Å². The van der Waals surface area contributed by atoms with Gasteiger partial charge in [0.15, 0.2) is 0 Å². The zero-order valence-electron chi connectivity index (χ0n) is 9.73. The van der Waals surface area contributed by atoms with Crippen LogP contribution in [0.15, 0.2) is 49.1 Å². The van der Waals surface area contributed by atoms with Crippen LogP contribution in [0.4, 0.5) is 0 Å². The number of ether oxygens (including phenoxy) is 1. The first-order valence-corrected chi connectivity index (χ1v) is 5.66. The minimum atomic E-state index is 0.0514. The Balaban J connectivity index is 2.43. The minimum Gasteiger partial charge on any atom is -0.392 e. The van der Waals surface area contributed by atoms with Crippen LogP contribution in [0.1, 0.15) is 11.1 Å². The quantitative estimate of drug-likeness (QED) is 0.629. The van der Waals surface area contributed by atoms with E-state index in [1.165, 1.54) is 0 Å². The maximum absolute atomic E-state index is 9.37.